The van der Waals surface area contributed by atoms with E-state index in [9.17, 15) is 9.18 Å². The van der Waals surface area contributed by atoms with Gasteiger partial charge in [0.15, 0.2) is 0 Å². The van der Waals surface area contributed by atoms with Gasteiger partial charge >= 0.3 is 6.03 Å². The average molecular weight is 420 g/mol. The van der Waals surface area contributed by atoms with Gasteiger partial charge in [-0.2, -0.15) is 0 Å². The highest BCUT2D eigenvalue weighted by Gasteiger charge is 2.35. The van der Waals surface area contributed by atoms with Crippen molar-refractivity contribution >= 4 is 11.7 Å². The number of hydrogen-bond donors (Lipinski definition) is 1. The summed E-state index contributed by atoms with van der Waals surface area (Å²) in [5.41, 5.74) is 1.78. The molecule has 0 aliphatic carbocycles. The minimum absolute atomic E-state index is 0.115. The van der Waals surface area contributed by atoms with Gasteiger partial charge in [-0.3, -0.25) is 4.90 Å². The molecule has 31 heavy (non-hydrogen) atoms. The number of rotatable bonds is 6. The van der Waals surface area contributed by atoms with Gasteiger partial charge in [0.05, 0.1) is 0 Å². The number of amides is 2. The second kappa shape index (κ2) is 9.18. The van der Waals surface area contributed by atoms with E-state index >= 15 is 0 Å². The fourth-order valence-electron chi connectivity index (χ4n) is 3.60. The van der Waals surface area contributed by atoms with Crippen LogP contribution in [-0.4, -0.2) is 42.0 Å². The number of nitrogens with zero attached hydrogens (tertiary/aromatic N) is 2. The maximum Gasteiger partial charge on any atom is 0.321 e. The van der Waals surface area contributed by atoms with Crippen LogP contribution in [0.25, 0.3) is 0 Å². The Hall–Kier alpha value is -3.38. The highest BCUT2D eigenvalue weighted by atomic mass is 19.1. The first-order valence-electron chi connectivity index (χ1n) is 10.4. The topological polar surface area (TPSA) is 44.8 Å². The van der Waals surface area contributed by atoms with Gasteiger partial charge in [-0.05, 0) is 68.1 Å². The third-order valence-corrected chi connectivity index (χ3v) is 5.77. The number of carbonyl (C=O) groups is 1. The Morgan fingerprint density at radius 3 is 2.26 bits per heavy atom. The second-order valence-electron chi connectivity index (χ2n) is 7.82. The van der Waals surface area contributed by atoms with Gasteiger partial charge in [0.25, 0.3) is 0 Å². The third kappa shape index (κ3) is 5.03. The summed E-state index contributed by atoms with van der Waals surface area (Å²) in [5.74, 6) is 1.25. The van der Waals surface area contributed by atoms with Gasteiger partial charge < -0.3 is 15.0 Å². The van der Waals surface area contributed by atoms with Crippen LogP contribution in [0.15, 0.2) is 78.9 Å². The van der Waals surface area contributed by atoms with Gasteiger partial charge in [0.1, 0.15) is 17.3 Å². The standard InChI is InChI=1S/C25H26FN3O2/c1-18(19-8-10-20(26)11-9-19)28(2)22-16-29(17-22)25(30)27-21-12-14-24(15-13-21)31-23-6-4-3-5-7-23/h3-15,18,22H,16-17H2,1-2H3,(H,27,30). The summed E-state index contributed by atoms with van der Waals surface area (Å²) in [4.78, 5) is 16.6. The molecule has 0 saturated carbocycles. The molecule has 2 amide bonds. The van der Waals surface area contributed by atoms with Gasteiger partial charge in [-0.1, -0.05) is 30.3 Å². The van der Waals surface area contributed by atoms with Crippen molar-refractivity contribution in [2.75, 3.05) is 25.5 Å². The molecule has 4 rings (SSSR count). The van der Waals surface area contributed by atoms with Crippen molar-refractivity contribution in [3.63, 3.8) is 0 Å². The number of hydrogen-bond acceptors (Lipinski definition) is 3. The number of benzene rings is 3. The predicted octanol–water partition coefficient (Wildman–Crippen LogP) is 5.53. The second-order valence-corrected chi connectivity index (χ2v) is 7.82. The lowest BCUT2D eigenvalue weighted by Gasteiger charge is -2.46. The van der Waals surface area contributed by atoms with E-state index in [1.54, 1.807) is 4.90 Å². The fourth-order valence-corrected chi connectivity index (χ4v) is 3.60. The van der Waals surface area contributed by atoms with E-state index < -0.39 is 0 Å². The molecule has 1 aliphatic heterocycles. The Balaban J connectivity index is 1.26. The quantitative estimate of drug-likeness (QED) is 0.572. The van der Waals surface area contributed by atoms with Crippen LogP contribution in [0.3, 0.4) is 0 Å². The maximum atomic E-state index is 13.2. The first-order valence-corrected chi connectivity index (χ1v) is 10.4. The molecule has 0 radical (unpaired) electrons. The monoisotopic (exact) mass is 419 g/mol. The average Bonchev–Trinajstić information content (AvgIpc) is 2.75. The van der Waals surface area contributed by atoms with E-state index in [0.29, 0.717) is 18.8 Å². The largest absolute Gasteiger partial charge is 0.457 e. The van der Waals surface area contributed by atoms with Crippen molar-refractivity contribution in [3.05, 3.63) is 90.2 Å². The van der Waals surface area contributed by atoms with E-state index in [4.69, 9.17) is 4.74 Å². The van der Waals surface area contributed by atoms with Crippen LogP contribution in [-0.2, 0) is 0 Å². The number of likely N-dealkylation sites (N-methyl/N-ethyl adjacent to an activating group) is 1. The smallest absolute Gasteiger partial charge is 0.321 e. The molecular formula is C25H26FN3O2. The number of ether oxygens (including phenoxy) is 1. The third-order valence-electron chi connectivity index (χ3n) is 5.77. The lowest BCUT2D eigenvalue weighted by atomic mass is 10.0. The zero-order valence-electron chi connectivity index (χ0n) is 17.7. The number of urea groups is 1. The zero-order chi connectivity index (χ0) is 21.8. The fraction of sp³-hybridized carbons (Fsp3) is 0.240. The van der Waals surface area contributed by atoms with Crippen molar-refractivity contribution in [3.8, 4) is 11.5 Å². The van der Waals surface area contributed by atoms with Crippen LogP contribution in [0.2, 0.25) is 0 Å². The van der Waals surface area contributed by atoms with Gasteiger partial charge in [0, 0.05) is 30.9 Å². The summed E-state index contributed by atoms with van der Waals surface area (Å²) in [6.45, 7) is 3.40. The normalized spacial score (nSPS) is 14.8. The summed E-state index contributed by atoms with van der Waals surface area (Å²) < 4.78 is 18.9. The van der Waals surface area contributed by atoms with Crippen molar-refractivity contribution in [1.82, 2.24) is 9.80 Å². The number of halogens is 1. The molecule has 5 nitrogen and oxygen atoms in total. The molecule has 1 aliphatic rings. The summed E-state index contributed by atoms with van der Waals surface area (Å²) in [5, 5.41) is 2.93. The molecule has 1 unspecified atom stereocenters. The Bertz CT molecular complexity index is 1000. The molecular weight excluding hydrogens is 393 g/mol. The molecule has 1 N–H and O–H groups in total. The van der Waals surface area contributed by atoms with Crippen LogP contribution < -0.4 is 10.1 Å². The zero-order valence-corrected chi connectivity index (χ0v) is 17.7. The van der Waals surface area contributed by atoms with E-state index in [1.165, 1.54) is 12.1 Å². The molecule has 1 fully saturated rings. The Kier molecular flexibility index (Phi) is 6.18. The molecule has 3 aromatic rings. The Morgan fingerprint density at radius 2 is 1.61 bits per heavy atom. The molecule has 6 heteroatoms. The van der Waals surface area contributed by atoms with E-state index in [2.05, 4.69) is 17.1 Å². The molecule has 3 aromatic carbocycles. The SMILES string of the molecule is CC(c1ccc(F)cc1)N(C)C1CN(C(=O)Nc2ccc(Oc3ccccc3)cc2)C1. The Labute approximate surface area is 182 Å². The van der Waals surface area contributed by atoms with Crippen LogP contribution in [0.1, 0.15) is 18.5 Å². The molecule has 1 saturated heterocycles. The molecule has 1 atom stereocenters. The Morgan fingerprint density at radius 1 is 1.00 bits per heavy atom. The van der Waals surface area contributed by atoms with Crippen molar-refractivity contribution in [1.29, 1.82) is 0 Å². The van der Waals surface area contributed by atoms with Gasteiger partial charge in [-0.15, -0.1) is 0 Å². The summed E-state index contributed by atoms with van der Waals surface area (Å²) in [7, 11) is 2.04. The minimum atomic E-state index is -0.232. The van der Waals surface area contributed by atoms with Crippen LogP contribution in [0.5, 0.6) is 11.5 Å². The highest BCUT2D eigenvalue weighted by molar-refractivity contribution is 5.90. The lowest BCUT2D eigenvalue weighted by Crippen LogP contribution is -2.61. The highest BCUT2D eigenvalue weighted by Crippen LogP contribution is 2.26. The predicted molar refractivity (Wildman–Crippen MR) is 120 cm³/mol. The molecule has 0 bridgehead atoms. The minimum Gasteiger partial charge on any atom is -0.457 e. The van der Waals surface area contributed by atoms with Crippen molar-refractivity contribution in [2.24, 2.45) is 0 Å². The number of anilines is 1. The van der Waals surface area contributed by atoms with Crippen LogP contribution >= 0.6 is 0 Å². The van der Waals surface area contributed by atoms with E-state index in [1.807, 2.05) is 73.8 Å². The molecule has 1 heterocycles. The molecule has 0 aromatic heterocycles. The molecule has 0 spiro atoms. The van der Waals surface area contributed by atoms with E-state index in [-0.39, 0.29) is 23.9 Å². The summed E-state index contributed by atoms with van der Waals surface area (Å²) in [6.07, 6.45) is 0. The van der Waals surface area contributed by atoms with Crippen molar-refractivity contribution < 1.29 is 13.9 Å². The lowest BCUT2D eigenvalue weighted by molar-refractivity contribution is 0.0559. The number of nitrogens with one attached hydrogen (secondary N) is 1. The summed E-state index contributed by atoms with van der Waals surface area (Å²) >= 11 is 0. The van der Waals surface area contributed by atoms with Crippen LogP contribution in [0, 0.1) is 5.82 Å². The van der Waals surface area contributed by atoms with E-state index in [0.717, 1.165) is 17.0 Å². The summed E-state index contributed by atoms with van der Waals surface area (Å²) in [6, 6.07) is 23.8. The maximum absolute atomic E-state index is 13.2. The van der Waals surface area contributed by atoms with Gasteiger partial charge in [-0.25, -0.2) is 9.18 Å². The number of carbonyl (C=O) groups excluding carboxylic acids is 1. The number of likely N-dealkylation sites (tertiary alicyclic amines) is 1. The van der Waals surface area contributed by atoms with Gasteiger partial charge in [0.2, 0.25) is 0 Å². The van der Waals surface area contributed by atoms with Crippen LogP contribution in [0.4, 0.5) is 14.9 Å². The number of para-hydroxylation sites is 1. The molecule has 160 valence electrons. The van der Waals surface area contributed by atoms with Crippen molar-refractivity contribution in [2.45, 2.75) is 19.0 Å². The first kappa shape index (κ1) is 20.9. The first-order chi connectivity index (χ1) is 15.0.